The van der Waals surface area contributed by atoms with Gasteiger partial charge in [0.2, 0.25) is 0 Å². The number of hydrogen-bond donors (Lipinski definition) is 1. The van der Waals surface area contributed by atoms with E-state index in [-0.39, 0.29) is 11.7 Å². The first kappa shape index (κ1) is 17.0. The summed E-state index contributed by atoms with van der Waals surface area (Å²) in [6, 6.07) is 8.34. The largest absolute Gasteiger partial charge is 0.490 e. The fraction of sp³-hybridized carbons (Fsp3) is 0.550. The van der Waals surface area contributed by atoms with Crippen LogP contribution in [-0.2, 0) is 0 Å². The molecule has 2 aromatic rings. The van der Waals surface area contributed by atoms with Crippen molar-refractivity contribution in [3.63, 3.8) is 0 Å². The lowest BCUT2D eigenvalue weighted by Crippen LogP contribution is -2.39. The minimum atomic E-state index is -0.0484. The number of fused-ring (bicyclic) bond motifs is 1. The molecule has 0 bridgehead atoms. The Morgan fingerprint density at radius 1 is 1.21 bits per heavy atom. The van der Waals surface area contributed by atoms with Crippen molar-refractivity contribution in [3.05, 3.63) is 40.8 Å². The van der Waals surface area contributed by atoms with E-state index in [2.05, 4.69) is 30.8 Å². The third kappa shape index (κ3) is 3.99. The minimum absolute atomic E-state index is 0.0484. The Labute approximate surface area is 143 Å². The quantitative estimate of drug-likeness (QED) is 0.908. The first-order valence-corrected chi connectivity index (χ1v) is 9.01. The van der Waals surface area contributed by atoms with E-state index in [4.69, 9.17) is 4.74 Å². The lowest BCUT2D eigenvalue weighted by Gasteiger charge is -2.35. The van der Waals surface area contributed by atoms with Gasteiger partial charge in [-0.15, -0.1) is 0 Å². The summed E-state index contributed by atoms with van der Waals surface area (Å²) in [6.07, 6.45) is 6.56. The van der Waals surface area contributed by atoms with Gasteiger partial charge in [0, 0.05) is 24.2 Å². The fourth-order valence-electron chi connectivity index (χ4n) is 3.77. The Kier molecular flexibility index (Phi) is 5.24. The topological polar surface area (TPSA) is 45.3 Å². The average molecular weight is 328 g/mol. The maximum atomic E-state index is 11.8. The van der Waals surface area contributed by atoms with E-state index >= 15 is 0 Å². The van der Waals surface area contributed by atoms with Crippen LogP contribution in [0.4, 0.5) is 0 Å². The number of aromatic amines is 1. The summed E-state index contributed by atoms with van der Waals surface area (Å²) >= 11 is 0. The molecule has 1 aliphatic rings. The number of benzene rings is 1. The number of aromatic nitrogens is 1. The van der Waals surface area contributed by atoms with Gasteiger partial charge in [0.05, 0.1) is 6.10 Å². The zero-order valence-electron chi connectivity index (χ0n) is 14.9. The molecule has 1 aliphatic carbocycles. The molecule has 0 atom stereocenters. The van der Waals surface area contributed by atoms with Crippen molar-refractivity contribution in [1.29, 1.82) is 0 Å². The van der Waals surface area contributed by atoms with Crippen LogP contribution in [0, 0.1) is 5.92 Å². The summed E-state index contributed by atoms with van der Waals surface area (Å²) in [5.41, 5.74) is -0.0484. The summed E-state index contributed by atoms with van der Waals surface area (Å²) in [5.74, 6) is 1.58. The van der Waals surface area contributed by atoms with Crippen molar-refractivity contribution in [2.24, 2.45) is 5.92 Å². The molecule has 0 aliphatic heterocycles. The first-order valence-electron chi connectivity index (χ1n) is 9.01. The van der Waals surface area contributed by atoms with Gasteiger partial charge in [-0.1, -0.05) is 13.8 Å². The monoisotopic (exact) mass is 328 g/mol. The molecule has 1 aromatic carbocycles. The van der Waals surface area contributed by atoms with E-state index in [1.807, 2.05) is 24.3 Å². The molecule has 0 amide bonds. The van der Waals surface area contributed by atoms with Gasteiger partial charge in [-0.2, -0.15) is 0 Å². The van der Waals surface area contributed by atoms with Crippen molar-refractivity contribution in [3.8, 4) is 5.75 Å². The van der Waals surface area contributed by atoms with Gasteiger partial charge in [-0.25, -0.2) is 0 Å². The molecular weight excluding hydrogens is 300 g/mol. The maximum Gasteiger partial charge on any atom is 0.255 e. The van der Waals surface area contributed by atoms with Gasteiger partial charge in [0.15, 0.2) is 0 Å². The van der Waals surface area contributed by atoms with Crippen LogP contribution in [0.1, 0.15) is 39.5 Å². The molecule has 1 saturated carbocycles. The minimum Gasteiger partial charge on any atom is -0.490 e. The van der Waals surface area contributed by atoms with Gasteiger partial charge < -0.3 is 14.6 Å². The number of rotatable bonds is 5. The Morgan fingerprint density at radius 3 is 2.67 bits per heavy atom. The van der Waals surface area contributed by atoms with Gasteiger partial charge in [0.25, 0.3) is 5.56 Å². The second-order valence-electron chi connectivity index (χ2n) is 7.44. The second kappa shape index (κ2) is 7.39. The van der Waals surface area contributed by atoms with E-state index in [0.717, 1.165) is 30.5 Å². The Hall–Kier alpha value is -1.81. The average Bonchev–Trinajstić information content (AvgIpc) is 2.55. The van der Waals surface area contributed by atoms with Gasteiger partial charge in [-0.3, -0.25) is 4.79 Å². The van der Waals surface area contributed by atoms with Crippen LogP contribution in [0.2, 0.25) is 0 Å². The third-order valence-electron chi connectivity index (χ3n) is 4.97. The summed E-state index contributed by atoms with van der Waals surface area (Å²) < 4.78 is 6.18. The summed E-state index contributed by atoms with van der Waals surface area (Å²) in [4.78, 5) is 17.0. The van der Waals surface area contributed by atoms with E-state index in [0.29, 0.717) is 17.3 Å². The molecule has 0 spiro atoms. The summed E-state index contributed by atoms with van der Waals surface area (Å²) in [5, 5.41) is 1.64. The molecule has 3 rings (SSSR count). The number of nitrogens with one attached hydrogen (secondary N) is 1. The van der Waals surface area contributed by atoms with Crippen molar-refractivity contribution in [2.45, 2.75) is 51.7 Å². The highest BCUT2D eigenvalue weighted by molar-refractivity contribution is 5.82. The van der Waals surface area contributed by atoms with Gasteiger partial charge in [0.1, 0.15) is 5.75 Å². The number of ether oxygens (including phenoxy) is 1. The Balaban J connectivity index is 1.59. The smallest absolute Gasteiger partial charge is 0.255 e. The highest BCUT2D eigenvalue weighted by Gasteiger charge is 2.25. The number of pyridine rings is 1. The van der Waals surface area contributed by atoms with Crippen molar-refractivity contribution in [1.82, 2.24) is 9.88 Å². The molecule has 0 saturated heterocycles. The van der Waals surface area contributed by atoms with E-state index in [1.54, 1.807) is 6.20 Å². The Bertz CT molecular complexity index is 730. The molecule has 0 radical (unpaired) electrons. The Morgan fingerprint density at radius 2 is 1.96 bits per heavy atom. The summed E-state index contributed by atoms with van der Waals surface area (Å²) in [7, 11) is 2.24. The second-order valence-corrected chi connectivity index (χ2v) is 7.44. The van der Waals surface area contributed by atoms with Crippen LogP contribution in [-0.4, -0.2) is 35.6 Å². The van der Waals surface area contributed by atoms with E-state index in [9.17, 15) is 4.79 Å². The molecular formula is C20H28N2O2. The summed E-state index contributed by atoms with van der Waals surface area (Å²) in [6.45, 7) is 5.71. The normalized spacial score (nSPS) is 21.5. The number of nitrogens with zero attached hydrogens (tertiary/aromatic N) is 1. The zero-order valence-corrected chi connectivity index (χ0v) is 14.9. The standard InChI is InChI=1S/C20H28N2O2/c1-14(2)13-22(3)16-4-6-17(7-5-16)24-18-8-9-19-15(12-18)10-11-21-20(19)23/h8-12,14,16-17H,4-7,13H2,1-3H3,(H,21,23). The molecule has 1 aromatic heterocycles. The SMILES string of the molecule is CC(C)CN(C)C1CCC(Oc2ccc3c(=O)[nH]ccc3c2)CC1. The molecule has 4 nitrogen and oxygen atoms in total. The van der Waals surface area contributed by atoms with Crippen LogP contribution in [0.25, 0.3) is 10.8 Å². The van der Waals surface area contributed by atoms with Crippen molar-refractivity contribution < 1.29 is 4.74 Å². The zero-order chi connectivity index (χ0) is 17.1. The van der Waals surface area contributed by atoms with Crippen LogP contribution in [0.15, 0.2) is 35.3 Å². The predicted octanol–water partition coefficient (Wildman–Crippen LogP) is 3.81. The van der Waals surface area contributed by atoms with Gasteiger partial charge >= 0.3 is 0 Å². The molecule has 1 N–H and O–H groups in total. The molecule has 0 unspecified atom stereocenters. The van der Waals surface area contributed by atoms with Crippen molar-refractivity contribution >= 4 is 10.8 Å². The molecule has 24 heavy (non-hydrogen) atoms. The molecule has 4 heteroatoms. The van der Waals surface area contributed by atoms with E-state index in [1.165, 1.54) is 12.8 Å². The van der Waals surface area contributed by atoms with E-state index < -0.39 is 0 Å². The maximum absolute atomic E-state index is 11.8. The van der Waals surface area contributed by atoms with Crippen LogP contribution < -0.4 is 10.3 Å². The van der Waals surface area contributed by atoms with Crippen molar-refractivity contribution in [2.75, 3.05) is 13.6 Å². The first-order chi connectivity index (χ1) is 11.5. The lowest BCUT2D eigenvalue weighted by molar-refractivity contribution is 0.0957. The number of hydrogen-bond acceptors (Lipinski definition) is 3. The fourth-order valence-corrected chi connectivity index (χ4v) is 3.77. The highest BCUT2D eigenvalue weighted by Crippen LogP contribution is 2.27. The highest BCUT2D eigenvalue weighted by atomic mass is 16.5. The molecule has 130 valence electrons. The number of H-pyrrole nitrogens is 1. The predicted molar refractivity (Wildman–Crippen MR) is 98.7 cm³/mol. The van der Waals surface area contributed by atoms with Crippen LogP contribution >= 0.6 is 0 Å². The van der Waals surface area contributed by atoms with Gasteiger partial charge in [-0.05, 0) is 68.3 Å². The lowest BCUT2D eigenvalue weighted by atomic mass is 9.91. The van der Waals surface area contributed by atoms with Crippen LogP contribution in [0.3, 0.4) is 0 Å². The van der Waals surface area contributed by atoms with Crippen LogP contribution in [0.5, 0.6) is 5.75 Å². The third-order valence-corrected chi connectivity index (χ3v) is 4.97. The molecule has 1 heterocycles. The molecule has 1 fully saturated rings.